The van der Waals surface area contributed by atoms with Crippen molar-refractivity contribution in [1.82, 2.24) is 0 Å². The second-order valence-corrected chi connectivity index (χ2v) is 3.63. The van der Waals surface area contributed by atoms with Crippen LogP contribution in [-0.2, 0) is 13.9 Å². The SMILES string of the molecule is C=C(C(=O)O)C(CCO)CCO[P+](=O)O. The molecule has 0 radical (unpaired) electrons. The molecule has 0 amide bonds. The summed E-state index contributed by atoms with van der Waals surface area (Å²) in [5.41, 5.74) is -0.0270. The number of carbonyl (C=O) groups is 1. The van der Waals surface area contributed by atoms with Crippen LogP contribution in [0.25, 0.3) is 0 Å². The average Bonchev–Trinajstić information content (AvgIpc) is 2.14. The standard InChI is InChI=1S/C8H13O6P/c1-6(8(10)11)7(2-4-9)3-5-14-15(12)13/h7,9H,1-5H2,(H-,10,11,12,13)/p+1. The molecule has 15 heavy (non-hydrogen) atoms. The van der Waals surface area contributed by atoms with E-state index in [9.17, 15) is 9.36 Å². The highest BCUT2D eigenvalue weighted by Gasteiger charge is 2.20. The summed E-state index contributed by atoms with van der Waals surface area (Å²) in [5, 5.41) is 17.4. The van der Waals surface area contributed by atoms with Crippen LogP contribution in [0, 0.1) is 5.92 Å². The van der Waals surface area contributed by atoms with Gasteiger partial charge in [-0.05, 0) is 18.8 Å². The fourth-order valence-electron chi connectivity index (χ4n) is 1.10. The number of hydrogen-bond donors (Lipinski definition) is 3. The van der Waals surface area contributed by atoms with Gasteiger partial charge in [0.05, 0.1) is 0 Å². The van der Waals surface area contributed by atoms with Crippen molar-refractivity contribution in [2.24, 2.45) is 5.92 Å². The molecule has 0 aliphatic rings. The van der Waals surface area contributed by atoms with E-state index < -0.39 is 20.1 Å². The molecule has 0 aromatic rings. The molecule has 2 atom stereocenters. The van der Waals surface area contributed by atoms with Gasteiger partial charge in [0, 0.05) is 16.7 Å². The number of aliphatic hydroxyl groups excluding tert-OH is 1. The maximum atomic E-state index is 10.6. The van der Waals surface area contributed by atoms with Crippen LogP contribution in [0.15, 0.2) is 12.2 Å². The molecule has 6 nitrogen and oxygen atoms in total. The molecule has 2 unspecified atom stereocenters. The maximum absolute atomic E-state index is 10.6. The summed E-state index contributed by atoms with van der Waals surface area (Å²) < 4.78 is 14.6. The van der Waals surface area contributed by atoms with Crippen LogP contribution in [0.3, 0.4) is 0 Å². The van der Waals surface area contributed by atoms with Crippen LogP contribution < -0.4 is 0 Å². The van der Waals surface area contributed by atoms with Gasteiger partial charge >= 0.3 is 14.2 Å². The highest BCUT2D eigenvalue weighted by atomic mass is 31.1. The van der Waals surface area contributed by atoms with Crippen LogP contribution >= 0.6 is 8.25 Å². The van der Waals surface area contributed by atoms with E-state index in [0.29, 0.717) is 0 Å². The monoisotopic (exact) mass is 237 g/mol. The Morgan fingerprint density at radius 3 is 2.47 bits per heavy atom. The van der Waals surface area contributed by atoms with Crippen molar-refractivity contribution in [3.63, 3.8) is 0 Å². The minimum atomic E-state index is -2.66. The molecule has 0 saturated heterocycles. The maximum Gasteiger partial charge on any atom is 0.694 e. The predicted octanol–water partition coefficient (Wildman–Crippen LogP) is 0.682. The fourth-order valence-corrected chi connectivity index (χ4v) is 1.36. The second kappa shape index (κ2) is 7.48. The van der Waals surface area contributed by atoms with Gasteiger partial charge in [-0.15, -0.1) is 9.42 Å². The van der Waals surface area contributed by atoms with E-state index in [4.69, 9.17) is 15.1 Å². The van der Waals surface area contributed by atoms with E-state index in [1.807, 2.05) is 0 Å². The summed E-state index contributed by atoms with van der Waals surface area (Å²) in [7, 11) is -2.66. The second-order valence-electron chi connectivity index (χ2n) is 2.90. The molecule has 7 heteroatoms. The van der Waals surface area contributed by atoms with Crippen molar-refractivity contribution in [1.29, 1.82) is 0 Å². The molecule has 0 spiro atoms. The number of hydrogen-bond acceptors (Lipinski definition) is 4. The molecule has 3 N–H and O–H groups in total. The van der Waals surface area contributed by atoms with Gasteiger partial charge in [-0.2, -0.15) is 0 Å². The lowest BCUT2D eigenvalue weighted by molar-refractivity contribution is -0.133. The van der Waals surface area contributed by atoms with E-state index in [2.05, 4.69) is 11.1 Å². The van der Waals surface area contributed by atoms with Crippen molar-refractivity contribution >= 4 is 14.2 Å². The largest absolute Gasteiger partial charge is 0.694 e. The predicted molar refractivity (Wildman–Crippen MR) is 52.4 cm³/mol. The molecule has 0 aromatic heterocycles. The summed E-state index contributed by atoms with van der Waals surface area (Å²) in [6.45, 7) is 3.17. The summed E-state index contributed by atoms with van der Waals surface area (Å²) in [6, 6.07) is 0. The molecule has 0 fully saturated rings. The minimum Gasteiger partial charge on any atom is -0.478 e. The Kier molecular flexibility index (Phi) is 7.07. The Morgan fingerprint density at radius 2 is 2.07 bits per heavy atom. The first-order valence-electron chi connectivity index (χ1n) is 4.31. The van der Waals surface area contributed by atoms with E-state index in [0.717, 1.165) is 0 Å². The first-order chi connectivity index (χ1) is 6.99. The molecule has 0 bridgehead atoms. The summed E-state index contributed by atoms with van der Waals surface area (Å²) in [4.78, 5) is 18.9. The molecule has 0 aliphatic carbocycles. The Labute approximate surface area is 88.1 Å². The normalized spacial score (nSPS) is 13.3. The average molecular weight is 237 g/mol. The van der Waals surface area contributed by atoms with Crippen LogP contribution in [0.5, 0.6) is 0 Å². The number of aliphatic hydroxyl groups is 1. The molecule has 0 heterocycles. The van der Waals surface area contributed by atoms with E-state index in [1.165, 1.54) is 0 Å². The van der Waals surface area contributed by atoms with Gasteiger partial charge in [0.15, 0.2) is 0 Å². The number of aliphatic carboxylic acids is 1. The van der Waals surface area contributed by atoms with Crippen LogP contribution in [0.2, 0.25) is 0 Å². The molecule has 86 valence electrons. The number of carboxylic acids is 1. The van der Waals surface area contributed by atoms with Gasteiger partial charge in [0.2, 0.25) is 0 Å². The summed E-state index contributed by atoms with van der Waals surface area (Å²) in [6.07, 6.45) is 0.490. The Hall–Kier alpha value is -0.810. The van der Waals surface area contributed by atoms with Gasteiger partial charge in [0.25, 0.3) is 0 Å². The third kappa shape index (κ3) is 6.30. The Balaban J connectivity index is 4.09. The third-order valence-electron chi connectivity index (χ3n) is 1.91. The number of rotatable bonds is 8. The minimum absolute atomic E-state index is 0.0270. The molecule has 0 aliphatic heterocycles. The van der Waals surface area contributed by atoms with Gasteiger partial charge < -0.3 is 10.2 Å². The van der Waals surface area contributed by atoms with Gasteiger partial charge in [-0.1, -0.05) is 6.58 Å². The zero-order chi connectivity index (χ0) is 11.8. The van der Waals surface area contributed by atoms with E-state index in [-0.39, 0.29) is 31.6 Å². The first-order valence-corrected chi connectivity index (χ1v) is 5.44. The Morgan fingerprint density at radius 1 is 1.47 bits per heavy atom. The van der Waals surface area contributed by atoms with E-state index >= 15 is 0 Å². The smallest absolute Gasteiger partial charge is 0.478 e. The number of carboxylic acid groups (broad SMARTS) is 1. The van der Waals surface area contributed by atoms with Gasteiger partial charge in [0.1, 0.15) is 6.61 Å². The topological polar surface area (TPSA) is 104 Å². The molecule has 0 saturated carbocycles. The molecule has 0 rings (SSSR count). The van der Waals surface area contributed by atoms with Crippen molar-refractivity contribution in [2.75, 3.05) is 13.2 Å². The molecular formula is C8H14O6P+. The van der Waals surface area contributed by atoms with Gasteiger partial charge in [-0.3, -0.25) is 0 Å². The Bertz CT molecular complexity index is 252. The quantitative estimate of drug-likeness (QED) is 0.423. The third-order valence-corrected chi connectivity index (χ3v) is 2.32. The lowest BCUT2D eigenvalue weighted by Gasteiger charge is -2.13. The summed E-state index contributed by atoms with van der Waals surface area (Å²) in [5.74, 6) is -1.58. The van der Waals surface area contributed by atoms with Crippen LogP contribution in [0.4, 0.5) is 0 Å². The van der Waals surface area contributed by atoms with Crippen molar-refractivity contribution < 1.29 is 29.0 Å². The highest BCUT2D eigenvalue weighted by Crippen LogP contribution is 2.21. The van der Waals surface area contributed by atoms with Crippen LogP contribution in [0.1, 0.15) is 12.8 Å². The molecular weight excluding hydrogens is 223 g/mol. The fraction of sp³-hybridized carbons (Fsp3) is 0.625. The van der Waals surface area contributed by atoms with E-state index in [1.54, 1.807) is 0 Å². The van der Waals surface area contributed by atoms with Gasteiger partial charge in [-0.25, -0.2) is 4.79 Å². The van der Waals surface area contributed by atoms with Crippen molar-refractivity contribution in [3.05, 3.63) is 12.2 Å². The first kappa shape index (κ1) is 14.2. The summed E-state index contributed by atoms with van der Waals surface area (Å²) >= 11 is 0. The lowest BCUT2D eigenvalue weighted by Crippen LogP contribution is -2.15. The zero-order valence-electron chi connectivity index (χ0n) is 8.13. The lowest BCUT2D eigenvalue weighted by atomic mass is 9.94. The highest BCUT2D eigenvalue weighted by molar-refractivity contribution is 7.32. The molecule has 0 aromatic carbocycles. The van der Waals surface area contributed by atoms with Crippen molar-refractivity contribution in [2.45, 2.75) is 12.8 Å². The van der Waals surface area contributed by atoms with Crippen LogP contribution in [-0.4, -0.2) is 34.3 Å². The zero-order valence-corrected chi connectivity index (χ0v) is 9.02. The van der Waals surface area contributed by atoms with Crippen molar-refractivity contribution in [3.8, 4) is 0 Å².